The molecule has 0 bridgehead atoms. The van der Waals surface area contributed by atoms with Crippen LogP contribution in [0.4, 0.5) is 0 Å². The van der Waals surface area contributed by atoms with Crippen molar-refractivity contribution in [2.45, 2.75) is 25.3 Å². The number of aromatic amines is 2. The number of nitrogens with one attached hydrogen (secondary N) is 2. The van der Waals surface area contributed by atoms with Crippen molar-refractivity contribution in [2.24, 2.45) is 4.99 Å². The zero-order valence-corrected chi connectivity index (χ0v) is 18.1. The second-order valence-corrected chi connectivity index (χ2v) is 8.40. The first-order valence-corrected chi connectivity index (χ1v) is 11.1. The molecule has 1 fully saturated rings. The fourth-order valence-corrected chi connectivity index (χ4v) is 3.89. The van der Waals surface area contributed by atoms with E-state index < -0.39 is 5.69 Å². The van der Waals surface area contributed by atoms with E-state index >= 15 is 0 Å². The van der Waals surface area contributed by atoms with Crippen molar-refractivity contribution in [1.29, 1.82) is 0 Å². The molecule has 0 aliphatic heterocycles. The van der Waals surface area contributed by atoms with Crippen molar-refractivity contribution in [1.82, 2.24) is 29.5 Å². The molecule has 0 radical (unpaired) electrons. The summed E-state index contributed by atoms with van der Waals surface area (Å²) >= 11 is 0. The van der Waals surface area contributed by atoms with Gasteiger partial charge < -0.3 is 10.1 Å². The van der Waals surface area contributed by atoms with Gasteiger partial charge in [-0.05, 0) is 41.7 Å². The van der Waals surface area contributed by atoms with Crippen molar-refractivity contribution in [2.75, 3.05) is 0 Å². The molecule has 4 aromatic heterocycles. The maximum Gasteiger partial charge on any atom is 0.326 e. The molecule has 0 unspecified atom stereocenters. The maximum atomic E-state index is 11.5. The van der Waals surface area contributed by atoms with Crippen LogP contribution in [0.25, 0.3) is 22.9 Å². The summed E-state index contributed by atoms with van der Waals surface area (Å²) in [6.45, 7) is 0. The quantitative estimate of drug-likeness (QED) is 0.375. The molecule has 0 saturated heterocycles. The van der Waals surface area contributed by atoms with Crippen LogP contribution in [0.2, 0.25) is 0 Å². The number of nitrogens with zero attached hydrogens (tertiary/aromatic N) is 5. The van der Waals surface area contributed by atoms with Crippen LogP contribution in [0.5, 0.6) is 5.88 Å². The molecule has 4 heterocycles. The van der Waals surface area contributed by atoms with Gasteiger partial charge in [0.25, 0.3) is 0 Å². The number of pyridine rings is 1. The average Bonchev–Trinajstić information content (AvgIpc) is 3.48. The second-order valence-electron chi connectivity index (χ2n) is 8.40. The van der Waals surface area contributed by atoms with Gasteiger partial charge in [0.2, 0.25) is 5.88 Å². The van der Waals surface area contributed by atoms with Crippen molar-refractivity contribution in [3.63, 3.8) is 0 Å². The Morgan fingerprint density at radius 1 is 1.12 bits per heavy atom. The topological polar surface area (TPSA) is 124 Å². The van der Waals surface area contributed by atoms with E-state index in [0.717, 1.165) is 40.7 Å². The Bertz CT molecular complexity index is 1660. The molecule has 1 saturated carbocycles. The highest BCUT2D eigenvalue weighted by Crippen LogP contribution is 2.23. The van der Waals surface area contributed by atoms with E-state index in [1.807, 2.05) is 24.4 Å². The molecule has 0 amide bonds. The van der Waals surface area contributed by atoms with Gasteiger partial charge in [0.05, 0.1) is 17.9 Å². The summed E-state index contributed by atoms with van der Waals surface area (Å²) in [7, 11) is 0. The van der Waals surface area contributed by atoms with E-state index in [4.69, 9.17) is 9.98 Å². The highest BCUT2D eigenvalue weighted by atomic mass is 16.3. The van der Waals surface area contributed by atoms with E-state index in [1.165, 1.54) is 0 Å². The molecular weight excluding hydrogens is 430 g/mol. The summed E-state index contributed by atoms with van der Waals surface area (Å²) in [5.74, 6) is -0.225. The molecule has 5 aromatic rings. The molecule has 3 N–H and O–H groups in total. The van der Waals surface area contributed by atoms with Crippen molar-refractivity contribution in [3.05, 3.63) is 99.2 Å². The number of H-pyrrole nitrogens is 2. The van der Waals surface area contributed by atoms with Gasteiger partial charge in [0.1, 0.15) is 5.69 Å². The van der Waals surface area contributed by atoms with Crippen LogP contribution < -0.4 is 16.4 Å². The first kappa shape index (κ1) is 20.1. The maximum absolute atomic E-state index is 11.5. The standard InChI is InChI=1S/C25H21N7O2/c33-24-21(30-25(34)31-24)11-18-14-27-32-22(28-19-7-8-19)12-20(29-23(18)32)10-15-3-5-16(6-4-15)17-2-1-9-26-13-17/h1-6,9,11-14,19,33H,7-8,10H2,(H2,30,31,34). The summed E-state index contributed by atoms with van der Waals surface area (Å²) in [5.41, 5.74) is 5.34. The predicted octanol–water partition coefficient (Wildman–Crippen LogP) is 1.71. The molecule has 34 heavy (non-hydrogen) atoms. The zero-order chi connectivity index (χ0) is 23.1. The van der Waals surface area contributed by atoms with Crippen LogP contribution in [0.3, 0.4) is 0 Å². The lowest BCUT2D eigenvalue weighted by atomic mass is 10.0. The molecule has 9 nitrogen and oxygen atoms in total. The Labute approximate surface area is 193 Å². The number of aromatic nitrogens is 6. The van der Waals surface area contributed by atoms with Gasteiger partial charge >= 0.3 is 5.69 Å². The minimum absolute atomic E-state index is 0.225. The third kappa shape index (κ3) is 3.99. The van der Waals surface area contributed by atoms with Gasteiger partial charge in [-0.25, -0.2) is 9.78 Å². The molecule has 9 heteroatoms. The molecule has 1 aliphatic carbocycles. The average molecular weight is 451 g/mol. The molecule has 6 rings (SSSR count). The van der Waals surface area contributed by atoms with Gasteiger partial charge in [-0.3, -0.25) is 15.0 Å². The van der Waals surface area contributed by atoms with Crippen LogP contribution in [-0.4, -0.2) is 40.7 Å². The first-order chi connectivity index (χ1) is 16.6. The van der Waals surface area contributed by atoms with Crippen LogP contribution in [0.15, 0.2) is 70.8 Å². The van der Waals surface area contributed by atoms with E-state index in [0.29, 0.717) is 23.3 Å². The minimum atomic E-state index is -0.479. The number of fused-ring (bicyclic) bond motifs is 1. The molecule has 0 atom stereocenters. The van der Waals surface area contributed by atoms with E-state index in [9.17, 15) is 9.90 Å². The highest BCUT2D eigenvalue weighted by molar-refractivity contribution is 5.62. The number of benzene rings is 1. The van der Waals surface area contributed by atoms with Crippen molar-refractivity contribution < 1.29 is 5.11 Å². The number of rotatable bonds is 5. The molecule has 168 valence electrons. The van der Waals surface area contributed by atoms with E-state index in [-0.39, 0.29) is 11.6 Å². The Kier molecular flexibility index (Phi) is 4.80. The van der Waals surface area contributed by atoms with E-state index in [1.54, 1.807) is 23.0 Å². The monoisotopic (exact) mass is 451 g/mol. The normalized spacial score (nSPS) is 14.8. The third-order valence-electron chi connectivity index (χ3n) is 5.76. The van der Waals surface area contributed by atoms with Crippen LogP contribution in [0.1, 0.15) is 29.8 Å². The number of imidazole rings is 1. The lowest BCUT2D eigenvalue weighted by Crippen LogP contribution is -2.20. The van der Waals surface area contributed by atoms with E-state index in [2.05, 4.69) is 44.3 Å². The molecular formula is C25H21N7O2. The van der Waals surface area contributed by atoms with Gasteiger partial charge in [0.15, 0.2) is 11.1 Å². The SMILES string of the molecule is O=c1[nH]c(O)c(C=c2cnn3c(=NC4CC4)cc(Cc4ccc(-c5cccnc5)cc4)nc23)[nH]1. The van der Waals surface area contributed by atoms with Crippen LogP contribution in [-0.2, 0) is 6.42 Å². The summed E-state index contributed by atoms with van der Waals surface area (Å²) in [6, 6.07) is 14.6. The summed E-state index contributed by atoms with van der Waals surface area (Å²) in [5, 5.41) is 15.1. The van der Waals surface area contributed by atoms with Gasteiger partial charge in [-0.1, -0.05) is 30.3 Å². The second kappa shape index (κ2) is 8.11. The summed E-state index contributed by atoms with van der Waals surface area (Å²) < 4.78 is 1.71. The number of aromatic hydroxyl groups is 1. The highest BCUT2D eigenvalue weighted by Gasteiger charge is 2.20. The van der Waals surface area contributed by atoms with Crippen molar-refractivity contribution in [3.8, 4) is 17.0 Å². The fraction of sp³-hybridized carbons (Fsp3) is 0.160. The smallest absolute Gasteiger partial charge is 0.326 e. The first-order valence-electron chi connectivity index (χ1n) is 11.1. The minimum Gasteiger partial charge on any atom is -0.493 e. The summed E-state index contributed by atoms with van der Waals surface area (Å²) in [4.78, 5) is 30.3. The van der Waals surface area contributed by atoms with Gasteiger partial charge in [-0.15, -0.1) is 0 Å². The zero-order valence-electron chi connectivity index (χ0n) is 18.1. The molecule has 1 aliphatic rings. The van der Waals surface area contributed by atoms with Crippen molar-refractivity contribution >= 4 is 11.7 Å². The Balaban J connectivity index is 1.41. The van der Waals surface area contributed by atoms with Crippen LogP contribution >= 0.6 is 0 Å². The molecule has 0 spiro atoms. The van der Waals surface area contributed by atoms with Crippen LogP contribution in [0, 0.1) is 0 Å². The Hall–Kier alpha value is -4.53. The Morgan fingerprint density at radius 3 is 2.68 bits per heavy atom. The predicted molar refractivity (Wildman–Crippen MR) is 126 cm³/mol. The summed E-state index contributed by atoms with van der Waals surface area (Å²) in [6.07, 6.45) is 9.71. The number of hydrogen-bond acceptors (Lipinski definition) is 6. The lowest BCUT2D eigenvalue weighted by Gasteiger charge is -2.05. The van der Waals surface area contributed by atoms with Gasteiger partial charge in [-0.2, -0.15) is 9.61 Å². The lowest BCUT2D eigenvalue weighted by molar-refractivity contribution is 0.454. The fourth-order valence-electron chi connectivity index (χ4n) is 3.89. The molecule has 1 aromatic carbocycles. The largest absolute Gasteiger partial charge is 0.493 e. The Morgan fingerprint density at radius 2 is 1.97 bits per heavy atom. The number of hydrogen-bond donors (Lipinski definition) is 3. The van der Waals surface area contributed by atoms with Gasteiger partial charge in [0, 0.05) is 30.1 Å². The third-order valence-corrected chi connectivity index (χ3v) is 5.76.